The maximum atomic E-state index is 11.6. The van der Waals surface area contributed by atoms with Crippen molar-refractivity contribution in [2.45, 2.75) is 47.0 Å². The van der Waals surface area contributed by atoms with Crippen molar-refractivity contribution >= 4 is 11.9 Å². The van der Waals surface area contributed by atoms with Crippen LogP contribution in [-0.2, 0) is 9.59 Å². The highest BCUT2D eigenvalue weighted by Crippen LogP contribution is 2.14. The van der Waals surface area contributed by atoms with Crippen LogP contribution in [0.5, 0.6) is 0 Å². The van der Waals surface area contributed by atoms with Gasteiger partial charge in [0.05, 0.1) is 5.41 Å². The lowest BCUT2D eigenvalue weighted by molar-refractivity contribution is -0.146. The maximum absolute atomic E-state index is 11.6. The molecule has 2 N–H and O–H groups in total. The second-order valence-corrected chi connectivity index (χ2v) is 4.95. The van der Waals surface area contributed by atoms with Gasteiger partial charge >= 0.3 is 5.97 Å². The second kappa shape index (κ2) is 6.51. The lowest BCUT2D eigenvalue weighted by Gasteiger charge is -2.21. The third kappa shape index (κ3) is 5.14. The number of carbonyl (C=O) groups excluding carboxylic acids is 1. The van der Waals surface area contributed by atoms with Crippen molar-refractivity contribution in [2.24, 2.45) is 11.3 Å². The summed E-state index contributed by atoms with van der Waals surface area (Å²) in [5.74, 6) is -0.985. The minimum Gasteiger partial charge on any atom is -0.481 e. The number of unbranched alkanes of at least 4 members (excludes halogenated alkanes) is 1. The average Bonchev–Trinajstić information content (AvgIpc) is 2.22. The molecule has 4 heteroatoms. The lowest BCUT2D eigenvalue weighted by atomic mass is 9.93. The van der Waals surface area contributed by atoms with E-state index in [-0.39, 0.29) is 18.4 Å². The number of carboxylic acids is 1. The topological polar surface area (TPSA) is 66.4 Å². The van der Waals surface area contributed by atoms with Crippen LogP contribution in [0.4, 0.5) is 0 Å². The molecule has 0 saturated carbocycles. The summed E-state index contributed by atoms with van der Waals surface area (Å²) in [6.07, 6.45) is 2.95. The van der Waals surface area contributed by atoms with Crippen LogP contribution in [0.15, 0.2) is 0 Å². The number of rotatable bonds is 7. The quantitative estimate of drug-likeness (QED) is 0.702. The standard InChI is InChI=1S/C12H23NO3/c1-5-6-7-9(2)10(14)13-8-12(3,4)11(15)16/h9H,5-8H2,1-4H3,(H,13,14)(H,15,16). The number of carbonyl (C=O) groups is 2. The molecule has 1 atom stereocenters. The summed E-state index contributed by atoms with van der Waals surface area (Å²) < 4.78 is 0. The molecule has 0 rings (SSSR count). The van der Waals surface area contributed by atoms with E-state index in [0.717, 1.165) is 19.3 Å². The maximum Gasteiger partial charge on any atom is 0.310 e. The number of aliphatic carboxylic acids is 1. The van der Waals surface area contributed by atoms with Gasteiger partial charge in [-0.2, -0.15) is 0 Å². The molecule has 0 saturated heterocycles. The predicted molar refractivity (Wildman–Crippen MR) is 63.1 cm³/mol. The molecule has 0 heterocycles. The first kappa shape index (κ1) is 14.9. The van der Waals surface area contributed by atoms with Gasteiger partial charge in [0.2, 0.25) is 5.91 Å². The van der Waals surface area contributed by atoms with Gasteiger partial charge in [-0.3, -0.25) is 9.59 Å². The molecule has 16 heavy (non-hydrogen) atoms. The highest BCUT2D eigenvalue weighted by Gasteiger charge is 2.28. The number of hydrogen-bond acceptors (Lipinski definition) is 2. The Morgan fingerprint density at radius 1 is 1.38 bits per heavy atom. The summed E-state index contributed by atoms with van der Waals surface area (Å²) in [7, 11) is 0. The minimum atomic E-state index is -0.903. The molecule has 0 aliphatic heterocycles. The fourth-order valence-corrected chi connectivity index (χ4v) is 1.20. The zero-order valence-corrected chi connectivity index (χ0v) is 10.7. The van der Waals surface area contributed by atoms with Gasteiger partial charge in [0, 0.05) is 12.5 Å². The predicted octanol–water partition coefficient (Wildman–Crippen LogP) is 2.04. The van der Waals surface area contributed by atoms with Crippen molar-refractivity contribution in [1.29, 1.82) is 0 Å². The first-order valence-electron chi connectivity index (χ1n) is 5.82. The molecule has 0 radical (unpaired) electrons. The molecule has 0 aliphatic carbocycles. The van der Waals surface area contributed by atoms with E-state index in [4.69, 9.17) is 5.11 Å². The van der Waals surface area contributed by atoms with E-state index in [2.05, 4.69) is 12.2 Å². The van der Waals surface area contributed by atoms with E-state index in [9.17, 15) is 9.59 Å². The van der Waals surface area contributed by atoms with Crippen LogP contribution in [-0.4, -0.2) is 23.5 Å². The summed E-state index contributed by atoms with van der Waals surface area (Å²) in [5, 5.41) is 11.6. The van der Waals surface area contributed by atoms with E-state index in [0.29, 0.717) is 0 Å². The lowest BCUT2D eigenvalue weighted by Crippen LogP contribution is -2.40. The normalized spacial score (nSPS) is 13.2. The zero-order chi connectivity index (χ0) is 12.8. The van der Waals surface area contributed by atoms with Gasteiger partial charge in [-0.25, -0.2) is 0 Å². The molecular formula is C12H23NO3. The van der Waals surface area contributed by atoms with Crippen LogP contribution < -0.4 is 5.32 Å². The Morgan fingerprint density at radius 3 is 2.38 bits per heavy atom. The average molecular weight is 229 g/mol. The molecule has 0 bridgehead atoms. The SMILES string of the molecule is CCCCC(C)C(=O)NCC(C)(C)C(=O)O. The van der Waals surface area contributed by atoms with Gasteiger partial charge in [-0.15, -0.1) is 0 Å². The highest BCUT2D eigenvalue weighted by atomic mass is 16.4. The highest BCUT2D eigenvalue weighted by molar-refractivity contribution is 5.80. The van der Waals surface area contributed by atoms with Crippen LogP contribution in [0.2, 0.25) is 0 Å². The van der Waals surface area contributed by atoms with Gasteiger partial charge in [-0.1, -0.05) is 26.7 Å². The molecule has 94 valence electrons. The Kier molecular flexibility index (Phi) is 6.08. The van der Waals surface area contributed by atoms with Crippen molar-refractivity contribution in [3.8, 4) is 0 Å². The Morgan fingerprint density at radius 2 is 1.94 bits per heavy atom. The molecule has 0 fully saturated rings. The van der Waals surface area contributed by atoms with Crippen LogP contribution in [0.25, 0.3) is 0 Å². The Bertz CT molecular complexity index is 249. The van der Waals surface area contributed by atoms with Crippen LogP contribution in [0.3, 0.4) is 0 Å². The van der Waals surface area contributed by atoms with Gasteiger partial charge in [0.15, 0.2) is 0 Å². The van der Waals surface area contributed by atoms with E-state index in [1.807, 2.05) is 6.92 Å². The smallest absolute Gasteiger partial charge is 0.310 e. The number of nitrogens with one attached hydrogen (secondary N) is 1. The number of hydrogen-bond donors (Lipinski definition) is 2. The van der Waals surface area contributed by atoms with Gasteiger partial charge in [0.25, 0.3) is 0 Å². The van der Waals surface area contributed by atoms with Crippen molar-refractivity contribution in [3.63, 3.8) is 0 Å². The molecule has 0 aromatic heterocycles. The van der Waals surface area contributed by atoms with Crippen LogP contribution in [0.1, 0.15) is 47.0 Å². The van der Waals surface area contributed by atoms with E-state index < -0.39 is 11.4 Å². The molecule has 1 unspecified atom stereocenters. The number of carboxylic acid groups (broad SMARTS) is 1. The molecule has 0 aromatic carbocycles. The summed E-state index contributed by atoms with van der Waals surface area (Å²) >= 11 is 0. The fourth-order valence-electron chi connectivity index (χ4n) is 1.20. The number of amides is 1. The molecule has 0 aliphatic rings. The summed E-state index contributed by atoms with van der Waals surface area (Å²) in [6.45, 7) is 7.34. The van der Waals surface area contributed by atoms with Gasteiger partial charge in [-0.05, 0) is 20.3 Å². The van der Waals surface area contributed by atoms with Crippen molar-refractivity contribution in [3.05, 3.63) is 0 Å². The van der Waals surface area contributed by atoms with E-state index >= 15 is 0 Å². The Hall–Kier alpha value is -1.06. The van der Waals surface area contributed by atoms with Crippen molar-refractivity contribution < 1.29 is 14.7 Å². The molecule has 1 amide bonds. The van der Waals surface area contributed by atoms with Gasteiger partial charge < -0.3 is 10.4 Å². The molecule has 0 spiro atoms. The minimum absolute atomic E-state index is 0.0375. The second-order valence-electron chi connectivity index (χ2n) is 4.95. The van der Waals surface area contributed by atoms with E-state index in [1.54, 1.807) is 13.8 Å². The molecular weight excluding hydrogens is 206 g/mol. The third-order valence-electron chi connectivity index (χ3n) is 2.72. The van der Waals surface area contributed by atoms with Crippen molar-refractivity contribution in [1.82, 2.24) is 5.32 Å². The monoisotopic (exact) mass is 229 g/mol. The zero-order valence-electron chi connectivity index (χ0n) is 10.7. The van der Waals surface area contributed by atoms with Crippen LogP contribution >= 0.6 is 0 Å². The fraction of sp³-hybridized carbons (Fsp3) is 0.833. The van der Waals surface area contributed by atoms with Crippen LogP contribution in [0, 0.1) is 11.3 Å². The van der Waals surface area contributed by atoms with Crippen molar-refractivity contribution in [2.75, 3.05) is 6.54 Å². The molecule has 0 aromatic rings. The first-order chi connectivity index (χ1) is 7.31. The largest absolute Gasteiger partial charge is 0.481 e. The molecule has 4 nitrogen and oxygen atoms in total. The summed E-state index contributed by atoms with van der Waals surface area (Å²) in [5.41, 5.74) is -0.903. The Balaban J connectivity index is 4.02. The third-order valence-corrected chi connectivity index (χ3v) is 2.72. The van der Waals surface area contributed by atoms with E-state index in [1.165, 1.54) is 0 Å². The van der Waals surface area contributed by atoms with Gasteiger partial charge in [0.1, 0.15) is 0 Å². The summed E-state index contributed by atoms with van der Waals surface area (Å²) in [4.78, 5) is 22.4. The Labute approximate surface area is 97.4 Å². The summed E-state index contributed by atoms with van der Waals surface area (Å²) in [6, 6.07) is 0. The first-order valence-corrected chi connectivity index (χ1v) is 5.82.